The van der Waals surface area contributed by atoms with Crippen LogP contribution in [-0.4, -0.2) is 60.7 Å². The quantitative estimate of drug-likeness (QED) is 0.836. The fraction of sp³-hybridized carbons (Fsp3) is 0.588. The molecule has 1 aliphatic rings. The maximum absolute atomic E-state index is 10.5. The third kappa shape index (κ3) is 5.31. The van der Waals surface area contributed by atoms with Crippen molar-refractivity contribution >= 4 is 5.97 Å². The van der Waals surface area contributed by atoms with Gasteiger partial charge >= 0.3 is 5.97 Å². The fourth-order valence-corrected chi connectivity index (χ4v) is 2.95. The van der Waals surface area contributed by atoms with E-state index in [1.165, 1.54) is 31.4 Å². The summed E-state index contributed by atoms with van der Waals surface area (Å²) in [5.74, 6) is -0.360. The van der Waals surface area contributed by atoms with Crippen LogP contribution in [0.2, 0.25) is 0 Å². The molecule has 1 aromatic carbocycles. The monoisotopic (exact) mass is 306 g/mol. The van der Waals surface area contributed by atoms with E-state index in [1.54, 1.807) is 0 Å². The number of carboxylic acids is 1. The number of likely N-dealkylation sites (N-methyl/N-ethyl adjacent to an activating group) is 2. The molecule has 5 heteroatoms. The zero-order valence-electron chi connectivity index (χ0n) is 13.5. The second kappa shape index (κ2) is 8.15. The molecular weight excluding hydrogens is 280 g/mol. The summed E-state index contributed by atoms with van der Waals surface area (Å²) in [4.78, 5) is 15.3. The van der Waals surface area contributed by atoms with E-state index in [9.17, 15) is 4.79 Å². The molecule has 0 saturated carbocycles. The lowest BCUT2D eigenvalue weighted by Gasteiger charge is -2.35. The molecular formula is C17H26N2O3. The van der Waals surface area contributed by atoms with Crippen molar-refractivity contribution in [3.05, 3.63) is 29.8 Å². The smallest absolute Gasteiger partial charge is 0.341 e. The number of hydrogen-bond acceptors (Lipinski definition) is 4. The Kier molecular flexibility index (Phi) is 6.21. The van der Waals surface area contributed by atoms with Crippen molar-refractivity contribution in [2.24, 2.45) is 0 Å². The third-order valence-corrected chi connectivity index (χ3v) is 4.18. The molecule has 0 aliphatic carbocycles. The van der Waals surface area contributed by atoms with Crippen molar-refractivity contribution in [3.63, 3.8) is 0 Å². The molecule has 1 N–H and O–H groups in total. The molecule has 0 bridgehead atoms. The summed E-state index contributed by atoms with van der Waals surface area (Å²) in [5, 5.41) is 8.59. The molecule has 0 radical (unpaired) electrons. The first-order valence-corrected chi connectivity index (χ1v) is 7.87. The first-order chi connectivity index (χ1) is 10.5. The Hall–Kier alpha value is -1.59. The summed E-state index contributed by atoms with van der Waals surface area (Å²) >= 11 is 0. The van der Waals surface area contributed by atoms with Gasteiger partial charge in [0.1, 0.15) is 5.75 Å². The standard InChI is InChI=1S/C17H26N2O3/c1-18(12-15-5-3-4-10-19(15)2)11-14-6-8-16(9-7-14)22-13-17(20)21/h6-9,15H,3-5,10-13H2,1-2H3,(H,20,21)/t15-/m0/s1. The van der Waals surface area contributed by atoms with E-state index >= 15 is 0 Å². The lowest BCUT2D eigenvalue weighted by Crippen LogP contribution is -2.43. The first-order valence-electron chi connectivity index (χ1n) is 7.87. The van der Waals surface area contributed by atoms with E-state index < -0.39 is 5.97 Å². The number of likely N-dealkylation sites (tertiary alicyclic amines) is 1. The molecule has 1 aliphatic heterocycles. The van der Waals surface area contributed by atoms with Crippen molar-refractivity contribution in [1.29, 1.82) is 0 Å². The number of carbonyl (C=O) groups is 1. The minimum absolute atomic E-state index is 0.298. The van der Waals surface area contributed by atoms with Crippen LogP contribution < -0.4 is 4.74 Å². The molecule has 5 nitrogen and oxygen atoms in total. The topological polar surface area (TPSA) is 53.0 Å². The van der Waals surface area contributed by atoms with Crippen LogP contribution in [0.1, 0.15) is 24.8 Å². The first kappa shape index (κ1) is 16.8. The van der Waals surface area contributed by atoms with Crippen LogP contribution in [0, 0.1) is 0 Å². The maximum Gasteiger partial charge on any atom is 0.341 e. The van der Waals surface area contributed by atoms with E-state index in [-0.39, 0.29) is 6.61 Å². The highest BCUT2D eigenvalue weighted by Crippen LogP contribution is 2.17. The number of carboxylic acid groups (broad SMARTS) is 1. The average Bonchev–Trinajstić information content (AvgIpc) is 2.49. The molecule has 1 heterocycles. The third-order valence-electron chi connectivity index (χ3n) is 4.18. The van der Waals surface area contributed by atoms with Crippen LogP contribution in [0.4, 0.5) is 0 Å². The summed E-state index contributed by atoms with van der Waals surface area (Å²) in [6, 6.07) is 8.31. The Morgan fingerprint density at radius 2 is 2.09 bits per heavy atom. The summed E-state index contributed by atoms with van der Waals surface area (Å²) in [7, 11) is 4.36. The number of rotatable bonds is 7. The van der Waals surface area contributed by atoms with Gasteiger partial charge < -0.3 is 19.6 Å². The summed E-state index contributed by atoms with van der Waals surface area (Å²) in [6.07, 6.45) is 3.93. The average molecular weight is 306 g/mol. The van der Waals surface area contributed by atoms with Gasteiger partial charge in [-0.05, 0) is 51.2 Å². The zero-order chi connectivity index (χ0) is 15.9. The van der Waals surface area contributed by atoms with Gasteiger partial charge in [-0.2, -0.15) is 0 Å². The number of benzene rings is 1. The molecule has 0 aromatic heterocycles. The molecule has 1 fully saturated rings. The van der Waals surface area contributed by atoms with Gasteiger partial charge in [-0.3, -0.25) is 0 Å². The van der Waals surface area contributed by atoms with Gasteiger partial charge in [0.05, 0.1) is 0 Å². The number of nitrogens with zero attached hydrogens (tertiary/aromatic N) is 2. The van der Waals surface area contributed by atoms with Crippen LogP contribution in [0.3, 0.4) is 0 Å². The van der Waals surface area contributed by atoms with Crippen LogP contribution in [0.25, 0.3) is 0 Å². The highest BCUT2D eigenvalue weighted by Gasteiger charge is 2.20. The largest absolute Gasteiger partial charge is 0.482 e. The predicted octanol–water partition coefficient (Wildman–Crippen LogP) is 2.07. The maximum atomic E-state index is 10.5. The number of aliphatic carboxylic acids is 1. The second-order valence-electron chi connectivity index (χ2n) is 6.15. The molecule has 1 saturated heterocycles. The SMILES string of the molecule is CN(Cc1ccc(OCC(=O)O)cc1)C[C@@H]1CCCCN1C. The molecule has 0 unspecified atom stereocenters. The van der Waals surface area contributed by atoms with Crippen molar-refractivity contribution in [2.45, 2.75) is 31.8 Å². The Morgan fingerprint density at radius 1 is 1.36 bits per heavy atom. The van der Waals surface area contributed by atoms with Crippen LogP contribution >= 0.6 is 0 Å². The van der Waals surface area contributed by atoms with E-state index in [0.29, 0.717) is 11.8 Å². The van der Waals surface area contributed by atoms with E-state index in [1.807, 2.05) is 24.3 Å². The highest BCUT2D eigenvalue weighted by atomic mass is 16.5. The Labute approximate surface area is 132 Å². The number of piperidine rings is 1. The molecule has 122 valence electrons. The van der Waals surface area contributed by atoms with Crippen molar-refractivity contribution in [3.8, 4) is 5.75 Å². The molecule has 1 aromatic rings. The number of hydrogen-bond donors (Lipinski definition) is 1. The zero-order valence-corrected chi connectivity index (χ0v) is 13.5. The van der Waals surface area contributed by atoms with Crippen LogP contribution in [0.5, 0.6) is 5.75 Å². The second-order valence-corrected chi connectivity index (χ2v) is 6.15. The highest BCUT2D eigenvalue weighted by molar-refractivity contribution is 5.68. The Balaban J connectivity index is 1.80. The van der Waals surface area contributed by atoms with E-state index in [2.05, 4.69) is 23.9 Å². The van der Waals surface area contributed by atoms with E-state index in [0.717, 1.165) is 13.1 Å². The van der Waals surface area contributed by atoms with Gasteiger partial charge in [-0.15, -0.1) is 0 Å². The lowest BCUT2D eigenvalue weighted by molar-refractivity contribution is -0.139. The van der Waals surface area contributed by atoms with Gasteiger partial charge in [0.25, 0.3) is 0 Å². The van der Waals surface area contributed by atoms with Crippen molar-refractivity contribution in [2.75, 3.05) is 33.8 Å². The minimum Gasteiger partial charge on any atom is -0.482 e. The molecule has 2 rings (SSSR count). The minimum atomic E-state index is -0.958. The molecule has 0 amide bonds. The van der Waals surface area contributed by atoms with Gasteiger partial charge in [-0.25, -0.2) is 4.79 Å². The Morgan fingerprint density at radius 3 is 2.73 bits per heavy atom. The van der Waals surface area contributed by atoms with Crippen LogP contribution in [0.15, 0.2) is 24.3 Å². The van der Waals surface area contributed by atoms with Crippen molar-refractivity contribution < 1.29 is 14.6 Å². The van der Waals surface area contributed by atoms with E-state index in [4.69, 9.17) is 9.84 Å². The fourth-order valence-electron chi connectivity index (χ4n) is 2.95. The van der Waals surface area contributed by atoms with Gasteiger partial charge in [0, 0.05) is 19.1 Å². The summed E-state index contributed by atoms with van der Waals surface area (Å²) < 4.78 is 5.14. The predicted molar refractivity (Wildman–Crippen MR) is 86.2 cm³/mol. The summed E-state index contributed by atoms with van der Waals surface area (Å²) in [5.41, 5.74) is 1.21. The van der Waals surface area contributed by atoms with Crippen molar-refractivity contribution in [1.82, 2.24) is 9.80 Å². The number of ether oxygens (including phenoxy) is 1. The normalized spacial score (nSPS) is 19.3. The van der Waals surface area contributed by atoms with Gasteiger partial charge in [-0.1, -0.05) is 18.6 Å². The Bertz CT molecular complexity index is 475. The molecule has 0 spiro atoms. The molecule has 22 heavy (non-hydrogen) atoms. The van der Waals surface area contributed by atoms with Gasteiger partial charge in [0.15, 0.2) is 6.61 Å². The van der Waals surface area contributed by atoms with Gasteiger partial charge in [0.2, 0.25) is 0 Å². The molecule has 1 atom stereocenters. The lowest BCUT2D eigenvalue weighted by atomic mass is 10.0. The van der Waals surface area contributed by atoms with Crippen LogP contribution in [-0.2, 0) is 11.3 Å². The summed E-state index contributed by atoms with van der Waals surface area (Å²) in [6.45, 7) is 2.87.